The Labute approximate surface area is 206 Å². The second kappa shape index (κ2) is 11.4. The molecule has 170 valence electrons. The van der Waals surface area contributed by atoms with E-state index in [2.05, 4.69) is 36.5 Å². The maximum atomic E-state index is 6.32. The van der Waals surface area contributed by atoms with Crippen LogP contribution in [0, 0.1) is 6.92 Å². The number of furan rings is 1. The number of halogens is 2. The summed E-state index contributed by atoms with van der Waals surface area (Å²) in [5, 5.41) is 7.79. The van der Waals surface area contributed by atoms with Crippen LogP contribution in [0.5, 0.6) is 0 Å². The minimum atomic E-state index is 0. The SMILES string of the molecule is CN=C(NCC(c1ccc(C)o1)N1CCCC1)NC1CCN(c2ncccc2Cl)C1.I. The molecule has 2 atom stereocenters. The van der Waals surface area contributed by atoms with E-state index in [4.69, 9.17) is 16.0 Å². The Morgan fingerprint density at radius 3 is 2.77 bits per heavy atom. The molecule has 2 fully saturated rings. The second-order valence-corrected chi connectivity index (χ2v) is 8.45. The fraction of sp³-hybridized carbons (Fsp3) is 0.545. The zero-order valence-electron chi connectivity index (χ0n) is 18.2. The Hall–Kier alpha value is -1.52. The maximum Gasteiger partial charge on any atom is 0.191 e. The third-order valence-corrected chi connectivity index (χ3v) is 6.22. The summed E-state index contributed by atoms with van der Waals surface area (Å²) >= 11 is 6.32. The van der Waals surface area contributed by atoms with Gasteiger partial charge in [-0.05, 0) is 63.5 Å². The van der Waals surface area contributed by atoms with E-state index in [9.17, 15) is 0 Å². The van der Waals surface area contributed by atoms with Crippen LogP contribution in [0.15, 0.2) is 39.9 Å². The number of hydrogen-bond acceptors (Lipinski definition) is 5. The van der Waals surface area contributed by atoms with Crippen LogP contribution in [0.2, 0.25) is 5.02 Å². The lowest BCUT2D eigenvalue weighted by atomic mass is 10.2. The van der Waals surface area contributed by atoms with Crippen LogP contribution in [-0.4, -0.2) is 61.7 Å². The van der Waals surface area contributed by atoms with Crippen LogP contribution in [0.25, 0.3) is 0 Å². The molecule has 9 heteroatoms. The van der Waals surface area contributed by atoms with Gasteiger partial charge in [0.2, 0.25) is 0 Å². The van der Waals surface area contributed by atoms with Crippen molar-refractivity contribution in [1.29, 1.82) is 0 Å². The molecule has 0 spiro atoms. The van der Waals surface area contributed by atoms with Gasteiger partial charge in [0, 0.05) is 38.9 Å². The highest BCUT2D eigenvalue weighted by Crippen LogP contribution is 2.27. The molecule has 0 amide bonds. The van der Waals surface area contributed by atoms with Gasteiger partial charge in [-0.25, -0.2) is 4.98 Å². The summed E-state index contributed by atoms with van der Waals surface area (Å²) in [6.07, 6.45) is 5.30. The van der Waals surface area contributed by atoms with E-state index in [1.54, 1.807) is 6.20 Å². The predicted octanol–water partition coefficient (Wildman–Crippen LogP) is 3.84. The van der Waals surface area contributed by atoms with E-state index in [0.29, 0.717) is 11.1 Å². The number of anilines is 1. The zero-order valence-corrected chi connectivity index (χ0v) is 21.3. The number of nitrogens with one attached hydrogen (secondary N) is 2. The van der Waals surface area contributed by atoms with Crippen molar-refractivity contribution < 1.29 is 4.42 Å². The highest BCUT2D eigenvalue weighted by molar-refractivity contribution is 14.0. The van der Waals surface area contributed by atoms with Gasteiger partial charge >= 0.3 is 0 Å². The highest BCUT2D eigenvalue weighted by atomic mass is 127. The Balaban J connectivity index is 0.00000272. The van der Waals surface area contributed by atoms with E-state index in [1.807, 2.05) is 32.2 Å². The first-order valence-corrected chi connectivity index (χ1v) is 11.1. The Kier molecular flexibility index (Phi) is 8.85. The summed E-state index contributed by atoms with van der Waals surface area (Å²) in [4.78, 5) is 13.6. The monoisotopic (exact) mass is 558 g/mol. The van der Waals surface area contributed by atoms with Crippen molar-refractivity contribution in [1.82, 2.24) is 20.5 Å². The lowest BCUT2D eigenvalue weighted by Gasteiger charge is -2.27. The summed E-state index contributed by atoms with van der Waals surface area (Å²) in [6, 6.07) is 8.40. The van der Waals surface area contributed by atoms with Gasteiger partial charge in [-0.1, -0.05) is 11.6 Å². The fourth-order valence-electron chi connectivity index (χ4n) is 4.36. The lowest BCUT2D eigenvalue weighted by molar-refractivity contribution is 0.213. The molecule has 2 aliphatic heterocycles. The van der Waals surface area contributed by atoms with Crippen molar-refractivity contribution in [3.8, 4) is 0 Å². The lowest BCUT2D eigenvalue weighted by Crippen LogP contribution is -2.47. The molecule has 0 bridgehead atoms. The van der Waals surface area contributed by atoms with Crippen LogP contribution in [0.4, 0.5) is 5.82 Å². The van der Waals surface area contributed by atoms with Gasteiger partial charge in [0.05, 0.1) is 11.1 Å². The summed E-state index contributed by atoms with van der Waals surface area (Å²) in [7, 11) is 1.82. The number of guanidine groups is 1. The quantitative estimate of drug-likeness (QED) is 0.319. The smallest absolute Gasteiger partial charge is 0.191 e. The fourth-order valence-corrected chi connectivity index (χ4v) is 4.60. The van der Waals surface area contributed by atoms with Crippen LogP contribution in [0.3, 0.4) is 0 Å². The third-order valence-electron chi connectivity index (χ3n) is 5.93. The van der Waals surface area contributed by atoms with E-state index in [-0.39, 0.29) is 30.0 Å². The minimum Gasteiger partial charge on any atom is -0.465 e. The first kappa shape index (κ1) is 24.1. The summed E-state index contributed by atoms with van der Waals surface area (Å²) in [5.74, 6) is 3.65. The number of pyridine rings is 1. The third kappa shape index (κ3) is 6.04. The largest absolute Gasteiger partial charge is 0.465 e. The molecule has 2 saturated heterocycles. The van der Waals surface area contributed by atoms with Gasteiger partial charge in [-0.2, -0.15) is 0 Å². The van der Waals surface area contributed by atoms with Crippen molar-refractivity contribution in [3.63, 3.8) is 0 Å². The van der Waals surface area contributed by atoms with Gasteiger partial charge in [0.25, 0.3) is 0 Å². The molecule has 4 rings (SSSR count). The second-order valence-electron chi connectivity index (χ2n) is 8.05. The maximum absolute atomic E-state index is 6.32. The molecule has 4 heterocycles. The van der Waals surface area contributed by atoms with Gasteiger partial charge < -0.3 is 20.0 Å². The van der Waals surface area contributed by atoms with Gasteiger partial charge in [0.1, 0.15) is 17.3 Å². The van der Waals surface area contributed by atoms with E-state index in [1.165, 1.54) is 12.8 Å². The predicted molar refractivity (Wildman–Crippen MR) is 137 cm³/mol. The van der Waals surface area contributed by atoms with Crippen molar-refractivity contribution in [2.45, 2.75) is 38.3 Å². The molecule has 2 unspecified atom stereocenters. The number of rotatable bonds is 6. The molecule has 2 aromatic rings. The normalized spacial score (nSPS) is 20.5. The van der Waals surface area contributed by atoms with Crippen LogP contribution in [0.1, 0.15) is 36.8 Å². The molecule has 7 nitrogen and oxygen atoms in total. The number of aliphatic imine (C=N–C) groups is 1. The van der Waals surface area contributed by atoms with Gasteiger partial charge in [-0.15, -0.1) is 24.0 Å². The van der Waals surface area contributed by atoms with Crippen LogP contribution >= 0.6 is 35.6 Å². The summed E-state index contributed by atoms with van der Waals surface area (Å²) < 4.78 is 5.96. The molecule has 2 aliphatic rings. The number of nitrogens with zero attached hydrogens (tertiary/aromatic N) is 4. The molecule has 0 saturated carbocycles. The van der Waals surface area contributed by atoms with Crippen molar-refractivity contribution in [2.75, 3.05) is 44.7 Å². The van der Waals surface area contributed by atoms with Gasteiger partial charge in [0.15, 0.2) is 5.96 Å². The highest BCUT2D eigenvalue weighted by Gasteiger charge is 2.28. The summed E-state index contributed by atoms with van der Waals surface area (Å²) in [6.45, 7) is 6.76. The average Bonchev–Trinajstić information content (AvgIpc) is 3.50. The summed E-state index contributed by atoms with van der Waals surface area (Å²) in [5.41, 5.74) is 0. The van der Waals surface area contributed by atoms with E-state index >= 15 is 0 Å². The Morgan fingerprint density at radius 1 is 1.29 bits per heavy atom. The van der Waals surface area contributed by atoms with E-state index < -0.39 is 0 Å². The topological polar surface area (TPSA) is 68.9 Å². The number of hydrogen-bond donors (Lipinski definition) is 2. The minimum absolute atomic E-state index is 0. The Bertz CT molecular complexity index is 869. The number of aromatic nitrogens is 1. The molecule has 0 aliphatic carbocycles. The molecule has 31 heavy (non-hydrogen) atoms. The number of aryl methyl sites for hydroxylation is 1. The number of likely N-dealkylation sites (tertiary alicyclic amines) is 1. The van der Waals surface area contributed by atoms with Crippen LogP contribution in [-0.2, 0) is 0 Å². The molecule has 2 N–H and O–H groups in total. The average molecular weight is 559 g/mol. The van der Waals surface area contributed by atoms with Crippen LogP contribution < -0.4 is 15.5 Å². The standard InChI is InChI=1S/C22H31ClN6O.HI/c1-16-7-8-20(30-16)19(28-11-3-4-12-28)14-26-22(24-2)27-17-9-13-29(15-17)21-18(23)6-5-10-25-21;/h5-8,10,17,19H,3-4,9,11-15H2,1-2H3,(H2,24,26,27);1H. The van der Waals surface area contributed by atoms with E-state index in [0.717, 1.165) is 62.4 Å². The Morgan fingerprint density at radius 2 is 2.10 bits per heavy atom. The molecular weight excluding hydrogens is 527 g/mol. The first-order valence-electron chi connectivity index (χ1n) is 10.8. The van der Waals surface area contributed by atoms with Crippen molar-refractivity contribution >= 4 is 47.4 Å². The van der Waals surface area contributed by atoms with Crippen molar-refractivity contribution in [3.05, 3.63) is 47.0 Å². The van der Waals surface area contributed by atoms with Crippen molar-refractivity contribution in [2.24, 2.45) is 4.99 Å². The molecule has 0 radical (unpaired) electrons. The zero-order chi connectivity index (χ0) is 20.9. The first-order chi connectivity index (χ1) is 14.6. The molecule has 2 aromatic heterocycles. The molecular formula is C22H32ClIN6O. The molecule has 0 aromatic carbocycles. The van der Waals surface area contributed by atoms with Gasteiger partial charge in [-0.3, -0.25) is 9.89 Å².